The molecular weight excluding hydrogens is 304 g/mol. The monoisotopic (exact) mass is 320 g/mol. The van der Waals surface area contributed by atoms with E-state index in [0.717, 1.165) is 22.4 Å². The van der Waals surface area contributed by atoms with Crippen LogP contribution in [0, 0.1) is 5.41 Å². The molecule has 0 aliphatic carbocycles. The van der Waals surface area contributed by atoms with E-state index >= 15 is 0 Å². The molecule has 1 atom stereocenters. The van der Waals surface area contributed by atoms with Gasteiger partial charge in [0.2, 0.25) is 0 Å². The second-order valence-electron chi connectivity index (χ2n) is 5.10. The molecule has 0 bridgehead atoms. The van der Waals surface area contributed by atoms with E-state index < -0.39 is 5.60 Å². The molecule has 0 radical (unpaired) electrons. The first kappa shape index (κ1) is 12.9. The van der Waals surface area contributed by atoms with Crippen molar-refractivity contribution in [3.8, 4) is 0 Å². The van der Waals surface area contributed by atoms with Gasteiger partial charge < -0.3 is 5.11 Å². The Morgan fingerprint density at radius 3 is 2.75 bits per heavy atom. The van der Waals surface area contributed by atoms with Crippen LogP contribution in [0.25, 0.3) is 0 Å². The fourth-order valence-electron chi connectivity index (χ4n) is 2.02. The summed E-state index contributed by atoms with van der Waals surface area (Å²) in [6.45, 7) is 4.38. The molecule has 0 amide bonds. The van der Waals surface area contributed by atoms with Crippen LogP contribution in [0.3, 0.4) is 0 Å². The first-order chi connectivity index (χ1) is 7.43. The van der Waals surface area contributed by atoms with Crippen LogP contribution in [0.4, 0.5) is 0 Å². The van der Waals surface area contributed by atoms with Crippen molar-refractivity contribution in [1.82, 2.24) is 0 Å². The lowest BCUT2D eigenvalue weighted by molar-refractivity contribution is -0.0507. The summed E-state index contributed by atoms with van der Waals surface area (Å²) in [5, 5.41) is 10.8. The van der Waals surface area contributed by atoms with Gasteiger partial charge in [-0.2, -0.15) is 11.8 Å². The Kier molecular flexibility index (Phi) is 3.75. The number of rotatable bonds is 2. The molecule has 1 fully saturated rings. The van der Waals surface area contributed by atoms with Crippen LogP contribution in [0.2, 0.25) is 0 Å². The topological polar surface area (TPSA) is 20.2 Å². The fourth-order valence-corrected chi connectivity index (χ4v) is 5.24. The first-order valence-corrected chi connectivity index (χ1v) is 8.24. The quantitative estimate of drug-likeness (QED) is 0.890. The van der Waals surface area contributed by atoms with Gasteiger partial charge in [-0.25, -0.2) is 0 Å². The second kappa shape index (κ2) is 4.63. The molecule has 1 nitrogen and oxygen atoms in total. The molecule has 0 aromatic carbocycles. The van der Waals surface area contributed by atoms with Crippen molar-refractivity contribution in [1.29, 1.82) is 0 Å². The molecule has 2 rings (SSSR count). The number of thioether (sulfide) groups is 1. The molecule has 1 aliphatic heterocycles. The maximum absolute atomic E-state index is 10.8. The molecular formula is C12H17BrOS2. The third-order valence-corrected chi connectivity index (χ3v) is 6.37. The number of thiophene rings is 1. The van der Waals surface area contributed by atoms with Crippen LogP contribution in [0.15, 0.2) is 15.9 Å². The summed E-state index contributed by atoms with van der Waals surface area (Å²) in [4.78, 5) is 1.27. The highest BCUT2D eigenvalue weighted by Crippen LogP contribution is 2.44. The highest BCUT2D eigenvalue weighted by atomic mass is 79.9. The summed E-state index contributed by atoms with van der Waals surface area (Å²) >= 11 is 7.08. The van der Waals surface area contributed by atoms with Crippen LogP contribution in [0.5, 0.6) is 0 Å². The summed E-state index contributed by atoms with van der Waals surface area (Å²) in [5.74, 6) is 2.03. The van der Waals surface area contributed by atoms with Crippen LogP contribution in [-0.2, 0) is 6.42 Å². The van der Waals surface area contributed by atoms with Crippen molar-refractivity contribution < 1.29 is 5.11 Å². The summed E-state index contributed by atoms with van der Waals surface area (Å²) in [5.41, 5.74) is -0.533. The molecule has 1 unspecified atom stereocenters. The third-order valence-electron chi connectivity index (χ3n) is 3.57. The molecule has 1 saturated heterocycles. The van der Waals surface area contributed by atoms with Crippen LogP contribution >= 0.6 is 39.0 Å². The largest absolute Gasteiger partial charge is 0.388 e. The number of halogens is 1. The smallest absolute Gasteiger partial charge is 0.0836 e. The molecule has 16 heavy (non-hydrogen) atoms. The van der Waals surface area contributed by atoms with E-state index in [2.05, 4.69) is 41.9 Å². The molecule has 1 N–H and O–H groups in total. The average molecular weight is 321 g/mol. The molecule has 90 valence electrons. The van der Waals surface area contributed by atoms with Gasteiger partial charge in [0, 0.05) is 17.1 Å². The van der Waals surface area contributed by atoms with Crippen molar-refractivity contribution in [2.45, 2.75) is 32.3 Å². The maximum atomic E-state index is 10.8. The summed E-state index contributed by atoms with van der Waals surface area (Å²) in [7, 11) is 0. The highest BCUT2D eigenvalue weighted by Gasteiger charge is 2.45. The number of aliphatic hydroxyl groups is 1. The Hall–Kier alpha value is 0.490. The zero-order chi connectivity index (χ0) is 11.8. The molecule has 0 spiro atoms. The van der Waals surface area contributed by atoms with Gasteiger partial charge >= 0.3 is 0 Å². The average Bonchev–Trinajstić information content (AvgIpc) is 2.57. The van der Waals surface area contributed by atoms with E-state index in [-0.39, 0.29) is 5.41 Å². The highest BCUT2D eigenvalue weighted by molar-refractivity contribution is 9.11. The van der Waals surface area contributed by atoms with E-state index in [1.165, 1.54) is 10.6 Å². The number of hydrogen-bond donors (Lipinski definition) is 1. The molecule has 1 aliphatic rings. The van der Waals surface area contributed by atoms with Crippen molar-refractivity contribution in [2.75, 3.05) is 11.5 Å². The van der Waals surface area contributed by atoms with Crippen LogP contribution < -0.4 is 0 Å². The second-order valence-corrected chi connectivity index (χ2v) is 8.75. The van der Waals surface area contributed by atoms with Crippen molar-refractivity contribution in [3.05, 3.63) is 20.8 Å². The maximum Gasteiger partial charge on any atom is 0.0836 e. The van der Waals surface area contributed by atoms with E-state index in [1.54, 1.807) is 11.3 Å². The predicted molar refractivity (Wildman–Crippen MR) is 76.4 cm³/mol. The summed E-state index contributed by atoms with van der Waals surface area (Å²) in [6, 6.07) is 4.18. The number of hydrogen-bond acceptors (Lipinski definition) is 3. The van der Waals surface area contributed by atoms with Crippen molar-refractivity contribution in [3.63, 3.8) is 0 Å². The minimum atomic E-state index is -0.555. The van der Waals surface area contributed by atoms with Gasteiger partial charge in [0.1, 0.15) is 0 Å². The Morgan fingerprint density at radius 2 is 2.19 bits per heavy atom. The lowest BCUT2D eigenvalue weighted by Crippen LogP contribution is -2.51. The van der Waals surface area contributed by atoms with Gasteiger partial charge in [-0.05, 0) is 45.7 Å². The van der Waals surface area contributed by atoms with E-state index in [0.29, 0.717) is 0 Å². The standard InChI is InChI=1S/C12H17BrOS2/c1-11(2)5-6-15-8-12(11,14)7-9-3-4-10(13)16-9/h3-4,14H,5-8H2,1-2H3. The van der Waals surface area contributed by atoms with Crippen molar-refractivity contribution >= 4 is 39.0 Å². The zero-order valence-corrected chi connectivity index (χ0v) is 12.8. The van der Waals surface area contributed by atoms with Gasteiger partial charge in [-0.3, -0.25) is 0 Å². The van der Waals surface area contributed by atoms with Crippen LogP contribution in [0.1, 0.15) is 25.1 Å². The van der Waals surface area contributed by atoms with E-state index in [4.69, 9.17) is 0 Å². The predicted octanol–water partition coefficient (Wildman–Crippen LogP) is 3.95. The minimum absolute atomic E-state index is 0.0225. The van der Waals surface area contributed by atoms with Gasteiger partial charge in [0.05, 0.1) is 9.39 Å². The Labute approximate surface area is 114 Å². The minimum Gasteiger partial charge on any atom is -0.388 e. The Balaban J connectivity index is 2.17. The normalized spacial score (nSPS) is 29.2. The summed E-state index contributed by atoms with van der Waals surface area (Å²) in [6.07, 6.45) is 1.88. The molecule has 0 saturated carbocycles. The SMILES string of the molecule is CC1(C)CCSCC1(O)Cc1ccc(Br)s1. The molecule has 4 heteroatoms. The first-order valence-electron chi connectivity index (χ1n) is 5.47. The summed E-state index contributed by atoms with van der Waals surface area (Å²) < 4.78 is 1.15. The molecule has 2 heterocycles. The van der Waals surface area contributed by atoms with Gasteiger partial charge in [0.25, 0.3) is 0 Å². The van der Waals surface area contributed by atoms with E-state index in [9.17, 15) is 5.11 Å². The van der Waals surface area contributed by atoms with Gasteiger partial charge in [-0.1, -0.05) is 13.8 Å². The van der Waals surface area contributed by atoms with Gasteiger partial charge in [-0.15, -0.1) is 11.3 Å². The lowest BCUT2D eigenvalue weighted by atomic mass is 9.71. The van der Waals surface area contributed by atoms with Gasteiger partial charge in [0.15, 0.2) is 0 Å². The zero-order valence-electron chi connectivity index (χ0n) is 9.62. The van der Waals surface area contributed by atoms with Crippen LogP contribution in [-0.4, -0.2) is 22.2 Å². The fraction of sp³-hybridized carbons (Fsp3) is 0.667. The molecule has 1 aromatic rings. The van der Waals surface area contributed by atoms with E-state index in [1.807, 2.05) is 11.8 Å². The third kappa shape index (κ3) is 2.50. The van der Waals surface area contributed by atoms with Crippen molar-refractivity contribution in [2.24, 2.45) is 5.41 Å². The molecule has 1 aromatic heterocycles. The Bertz CT molecular complexity index is 375. The lowest BCUT2D eigenvalue weighted by Gasteiger charge is -2.46. The Morgan fingerprint density at radius 1 is 1.44 bits per heavy atom.